The Morgan fingerprint density at radius 3 is 2.45 bits per heavy atom. The first-order valence-electron chi connectivity index (χ1n) is 9.01. The van der Waals surface area contributed by atoms with Gasteiger partial charge in [-0.3, -0.25) is 9.59 Å². The first kappa shape index (κ1) is 24.6. The van der Waals surface area contributed by atoms with Crippen LogP contribution in [0.25, 0.3) is 0 Å². The van der Waals surface area contributed by atoms with E-state index < -0.39 is 34.5 Å². The minimum atomic E-state index is -3.99. The van der Waals surface area contributed by atoms with Crippen LogP contribution in [0, 0.1) is 11.3 Å². The van der Waals surface area contributed by atoms with Crippen LogP contribution in [0.4, 0.5) is 5.69 Å². The van der Waals surface area contributed by atoms with Crippen LogP contribution >= 0.6 is 23.2 Å². The summed E-state index contributed by atoms with van der Waals surface area (Å²) in [6.07, 6.45) is 0.0590. The number of rotatable bonds is 9. The Balaban J connectivity index is 2.01. The van der Waals surface area contributed by atoms with Crippen LogP contribution in [0.15, 0.2) is 53.4 Å². The third kappa shape index (κ3) is 7.22. The molecule has 2 aromatic carbocycles. The molecule has 0 saturated carbocycles. The summed E-state index contributed by atoms with van der Waals surface area (Å²) in [6.45, 7) is 0.737. The second-order valence-electron chi connectivity index (χ2n) is 6.34. The third-order valence-corrected chi connectivity index (χ3v) is 6.06. The highest BCUT2D eigenvalue weighted by Crippen LogP contribution is 2.20. The van der Waals surface area contributed by atoms with Gasteiger partial charge in [-0.1, -0.05) is 29.3 Å². The summed E-state index contributed by atoms with van der Waals surface area (Å²) < 4.78 is 31.9. The molecule has 8 nitrogen and oxygen atoms in total. The number of carbonyl (C=O) groups is 2. The molecule has 1 N–H and O–H groups in total. The van der Waals surface area contributed by atoms with Crippen LogP contribution in [-0.2, 0) is 24.3 Å². The lowest BCUT2D eigenvalue weighted by Gasteiger charge is -2.22. The lowest BCUT2D eigenvalue weighted by atomic mass is 10.2. The van der Waals surface area contributed by atoms with Gasteiger partial charge in [-0.25, -0.2) is 8.42 Å². The van der Waals surface area contributed by atoms with Crippen molar-refractivity contribution >= 4 is 50.8 Å². The topological polar surface area (TPSA) is 117 Å². The van der Waals surface area contributed by atoms with Crippen molar-refractivity contribution in [1.29, 1.82) is 5.26 Å². The Labute approximate surface area is 190 Å². The summed E-state index contributed by atoms with van der Waals surface area (Å²) in [6, 6.07) is 12.6. The number of ether oxygens (including phenoxy) is 1. The van der Waals surface area contributed by atoms with Crippen LogP contribution in [-0.4, -0.2) is 39.5 Å². The maximum absolute atomic E-state index is 12.6. The zero-order chi connectivity index (χ0) is 23.0. The predicted molar refractivity (Wildman–Crippen MR) is 116 cm³/mol. The first-order valence-corrected chi connectivity index (χ1v) is 11.3. The second kappa shape index (κ2) is 11.1. The zero-order valence-corrected chi connectivity index (χ0v) is 18.7. The third-order valence-electron chi connectivity index (χ3n) is 4.02. The fourth-order valence-electron chi connectivity index (χ4n) is 2.50. The van der Waals surface area contributed by atoms with Crippen molar-refractivity contribution in [3.63, 3.8) is 0 Å². The molecule has 2 rings (SSSR count). The Bertz CT molecular complexity index is 1080. The van der Waals surface area contributed by atoms with E-state index in [0.29, 0.717) is 15.7 Å². The fraction of sp³-hybridized carbons (Fsp3) is 0.250. The van der Waals surface area contributed by atoms with Crippen molar-refractivity contribution in [2.75, 3.05) is 18.1 Å². The van der Waals surface area contributed by atoms with Gasteiger partial charge in [-0.15, -0.1) is 0 Å². The van der Waals surface area contributed by atoms with E-state index in [1.54, 1.807) is 24.3 Å². The van der Waals surface area contributed by atoms with Gasteiger partial charge in [0.05, 0.1) is 17.4 Å². The number of esters is 1. The summed E-state index contributed by atoms with van der Waals surface area (Å²) in [5.74, 6) is -1.52. The maximum Gasteiger partial charge on any atom is 0.324 e. The monoisotopic (exact) mass is 483 g/mol. The highest BCUT2D eigenvalue weighted by Gasteiger charge is 2.25. The van der Waals surface area contributed by atoms with E-state index in [-0.39, 0.29) is 17.9 Å². The lowest BCUT2D eigenvalue weighted by Crippen LogP contribution is -2.41. The Morgan fingerprint density at radius 2 is 1.84 bits per heavy atom. The number of halogens is 2. The van der Waals surface area contributed by atoms with E-state index in [1.807, 2.05) is 6.07 Å². The van der Waals surface area contributed by atoms with E-state index in [0.717, 1.165) is 0 Å². The van der Waals surface area contributed by atoms with E-state index in [2.05, 4.69) is 4.72 Å². The number of nitrogens with zero attached hydrogens (tertiary/aromatic N) is 2. The molecule has 1 atom stereocenters. The molecule has 0 aromatic heterocycles. The first-order chi connectivity index (χ1) is 14.6. The average Bonchev–Trinajstić information content (AvgIpc) is 2.72. The molecule has 0 heterocycles. The van der Waals surface area contributed by atoms with E-state index >= 15 is 0 Å². The second-order valence-corrected chi connectivity index (χ2v) is 8.92. The molecular formula is C20H19Cl2N3O5S. The quantitative estimate of drug-likeness (QED) is 0.547. The van der Waals surface area contributed by atoms with Gasteiger partial charge >= 0.3 is 5.97 Å². The van der Waals surface area contributed by atoms with Gasteiger partial charge in [0.1, 0.15) is 6.04 Å². The summed E-state index contributed by atoms with van der Waals surface area (Å²) in [4.78, 5) is 26.0. The number of amides is 1. The van der Waals surface area contributed by atoms with E-state index in [4.69, 9.17) is 33.2 Å². The standard InChI is InChI=1S/C20H19Cl2N3O5S/c1-14(24-31(28,29)18-8-6-15(21)7-9-18)20(27)30-13-19(26)25(11-3-10-23)17-5-2-4-16(22)12-17/h2,4-9,12,14,24H,3,11,13H2,1H3. The van der Waals surface area contributed by atoms with Crippen molar-refractivity contribution in [2.45, 2.75) is 24.3 Å². The molecule has 2 aromatic rings. The van der Waals surface area contributed by atoms with Crippen molar-refractivity contribution in [3.05, 3.63) is 58.6 Å². The zero-order valence-electron chi connectivity index (χ0n) is 16.4. The number of nitriles is 1. The molecule has 1 amide bonds. The molecular weight excluding hydrogens is 465 g/mol. The van der Waals surface area contributed by atoms with E-state index in [1.165, 1.54) is 36.1 Å². The van der Waals surface area contributed by atoms with Crippen molar-refractivity contribution in [1.82, 2.24) is 4.72 Å². The van der Waals surface area contributed by atoms with Gasteiger partial charge in [-0.2, -0.15) is 9.98 Å². The molecule has 0 aliphatic heterocycles. The Kier molecular flexibility index (Phi) is 8.83. The van der Waals surface area contributed by atoms with Crippen molar-refractivity contribution in [3.8, 4) is 6.07 Å². The maximum atomic E-state index is 12.6. The molecule has 0 aliphatic carbocycles. The number of carbonyl (C=O) groups excluding carboxylic acids is 2. The SMILES string of the molecule is CC(NS(=O)(=O)c1ccc(Cl)cc1)C(=O)OCC(=O)N(CCC#N)c1cccc(Cl)c1. The number of hydrogen-bond donors (Lipinski definition) is 1. The largest absolute Gasteiger partial charge is 0.454 e. The minimum absolute atomic E-state index is 0.0590. The van der Waals surface area contributed by atoms with Gasteiger partial charge in [0.15, 0.2) is 6.61 Å². The summed E-state index contributed by atoms with van der Waals surface area (Å²) >= 11 is 11.7. The number of anilines is 1. The van der Waals surface area contributed by atoms with E-state index in [9.17, 15) is 18.0 Å². The number of benzene rings is 2. The van der Waals surface area contributed by atoms with Crippen LogP contribution in [0.1, 0.15) is 13.3 Å². The number of nitrogens with one attached hydrogen (secondary N) is 1. The van der Waals surface area contributed by atoms with Gasteiger partial charge in [0.2, 0.25) is 10.0 Å². The molecule has 0 fully saturated rings. The normalized spacial score (nSPS) is 11.9. The molecule has 0 bridgehead atoms. The summed E-state index contributed by atoms with van der Waals surface area (Å²) in [7, 11) is -3.99. The van der Waals surface area contributed by atoms with Gasteiger partial charge in [-0.05, 0) is 49.4 Å². The van der Waals surface area contributed by atoms with Crippen LogP contribution in [0.3, 0.4) is 0 Å². The number of hydrogen-bond acceptors (Lipinski definition) is 6. The van der Waals surface area contributed by atoms with Crippen LogP contribution in [0.2, 0.25) is 10.0 Å². The highest BCUT2D eigenvalue weighted by molar-refractivity contribution is 7.89. The van der Waals surface area contributed by atoms with Crippen LogP contribution in [0.5, 0.6) is 0 Å². The number of sulfonamides is 1. The summed E-state index contributed by atoms with van der Waals surface area (Å²) in [5, 5.41) is 9.60. The molecule has 0 saturated heterocycles. The van der Waals surface area contributed by atoms with Crippen molar-refractivity contribution < 1.29 is 22.7 Å². The molecule has 164 valence electrons. The average molecular weight is 484 g/mol. The van der Waals surface area contributed by atoms with Crippen molar-refractivity contribution in [2.24, 2.45) is 0 Å². The lowest BCUT2D eigenvalue weighted by molar-refractivity contribution is -0.149. The fourth-order valence-corrected chi connectivity index (χ4v) is 4.00. The molecule has 0 radical (unpaired) electrons. The molecule has 0 spiro atoms. The summed E-state index contributed by atoms with van der Waals surface area (Å²) in [5.41, 5.74) is 0.445. The molecule has 0 aliphatic rings. The highest BCUT2D eigenvalue weighted by atomic mass is 35.5. The molecule has 1 unspecified atom stereocenters. The Morgan fingerprint density at radius 1 is 1.16 bits per heavy atom. The van der Waals surface area contributed by atoms with Crippen LogP contribution < -0.4 is 9.62 Å². The minimum Gasteiger partial charge on any atom is -0.454 e. The van der Waals surface area contributed by atoms with Gasteiger partial charge < -0.3 is 9.64 Å². The smallest absolute Gasteiger partial charge is 0.324 e. The Hall–Kier alpha value is -2.64. The molecule has 31 heavy (non-hydrogen) atoms. The predicted octanol–water partition coefficient (Wildman–Crippen LogP) is 3.15. The van der Waals surface area contributed by atoms with Gasteiger partial charge in [0.25, 0.3) is 5.91 Å². The van der Waals surface area contributed by atoms with Gasteiger partial charge in [0, 0.05) is 22.3 Å². The molecule has 11 heteroatoms.